The highest BCUT2D eigenvalue weighted by Gasteiger charge is 2.20. The standard InChI is InChI=1S/C17H16N2O3S2/c1-9-12(11-7-5-4-6-8-11)13-14(20)18-17(19-15(13)23-9)24-10(2)16(21)22-3/h4-8,10H,1-3H3,(H,18,19,20)/t10-/m0/s1. The third-order valence-corrected chi connectivity index (χ3v) is 5.56. The summed E-state index contributed by atoms with van der Waals surface area (Å²) in [7, 11) is 1.34. The smallest absolute Gasteiger partial charge is 0.318 e. The summed E-state index contributed by atoms with van der Waals surface area (Å²) >= 11 is 2.66. The van der Waals surface area contributed by atoms with Gasteiger partial charge in [0.2, 0.25) is 0 Å². The van der Waals surface area contributed by atoms with Gasteiger partial charge in [0.25, 0.3) is 5.56 Å². The Hall–Kier alpha value is -2.12. The van der Waals surface area contributed by atoms with Gasteiger partial charge < -0.3 is 9.72 Å². The second-order valence-corrected chi connectivity index (χ2v) is 7.77. The number of thiophene rings is 1. The topological polar surface area (TPSA) is 72.0 Å². The molecule has 0 fully saturated rings. The van der Waals surface area contributed by atoms with Crippen LogP contribution in [0.4, 0.5) is 0 Å². The number of ether oxygens (including phenoxy) is 1. The Balaban J connectivity index is 2.09. The molecule has 0 aliphatic heterocycles. The van der Waals surface area contributed by atoms with Gasteiger partial charge in [0, 0.05) is 10.4 Å². The van der Waals surface area contributed by atoms with E-state index >= 15 is 0 Å². The van der Waals surface area contributed by atoms with Crippen molar-refractivity contribution in [2.24, 2.45) is 0 Å². The van der Waals surface area contributed by atoms with Crippen LogP contribution in [-0.4, -0.2) is 28.3 Å². The average molecular weight is 360 g/mol. The zero-order valence-electron chi connectivity index (χ0n) is 13.5. The molecule has 0 unspecified atom stereocenters. The highest BCUT2D eigenvalue weighted by Crippen LogP contribution is 2.36. The maximum absolute atomic E-state index is 12.6. The van der Waals surface area contributed by atoms with E-state index in [2.05, 4.69) is 9.97 Å². The third kappa shape index (κ3) is 3.09. The molecule has 3 rings (SSSR count). The van der Waals surface area contributed by atoms with Crippen molar-refractivity contribution in [1.29, 1.82) is 0 Å². The van der Waals surface area contributed by atoms with E-state index in [1.165, 1.54) is 30.2 Å². The predicted octanol–water partition coefficient (Wildman–Crippen LogP) is 3.61. The lowest BCUT2D eigenvalue weighted by Crippen LogP contribution is -2.16. The molecule has 1 atom stereocenters. The first-order chi connectivity index (χ1) is 11.5. The number of methoxy groups -OCH3 is 1. The molecular formula is C17H16N2O3S2. The normalized spacial score (nSPS) is 12.3. The molecule has 2 heterocycles. The number of hydrogen-bond donors (Lipinski definition) is 1. The van der Waals surface area contributed by atoms with E-state index < -0.39 is 5.25 Å². The molecular weight excluding hydrogens is 344 g/mol. The van der Waals surface area contributed by atoms with Crippen molar-refractivity contribution in [3.8, 4) is 11.1 Å². The van der Waals surface area contributed by atoms with Crippen LogP contribution in [0.5, 0.6) is 0 Å². The Morgan fingerprint density at radius 2 is 2.04 bits per heavy atom. The Labute approximate surface area is 147 Å². The fourth-order valence-electron chi connectivity index (χ4n) is 2.49. The molecule has 2 aromatic heterocycles. The molecule has 0 aliphatic carbocycles. The highest BCUT2D eigenvalue weighted by molar-refractivity contribution is 8.00. The third-order valence-electron chi connectivity index (χ3n) is 3.60. The Bertz CT molecular complexity index is 948. The largest absolute Gasteiger partial charge is 0.468 e. The number of nitrogens with one attached hydrogen (secondary N) is 1. The minimum absolute atomic E-state index is 0.192. The van der Waals surface area contributed by atoms with E-state index in [-0.39, 0.29) is 11.5 Å². The van der Waals surface area contributed by atoms with Crippen LogP contribution in [0.25, 0.3) is 21.3 Å². The molecule has 0 bridgehead atoms. The number of fused-ring (bicyclic) bond motifs is 1. The number of rotatable bonds is 4. The quantitative estimate of drug-likeness (QED) is 0.437. The van der Waals surface area contributed by atoms with Crippen molar-refractivity contribution in [2.45, 2.75) is 24.3 Å². The first kappa shape index (κ1) is 16.7. The minimum atomic E-state index is -0.440. The summed E-state index contributed by atoms with van der Waals surface area (Å²) in [5, 5.41) is 0.579. The van der Waals surface area contributed by atoms with Crippen LogP contribution in [0.3, 0.4) is 0 Å². The zero-order chi connectivity index (χ0) is 17.3. The first-order valence-electron chi connectivity index (χ1n) is 7.34. The molecule has 24 heavy (non-hydrogen) atoms. The van der Waals surface area contributed by atoms with Crippen LogP contribution in [0.2, 0.25) is 0 Å². The van der Waals surface area contributed by atoms with E-state index in [0.717, 1.165) is 16.0 Å². The molecule has 5 nitrogen and oxygen atoms in total. The van der Waals surface area contributed by atoms with Gasteiger partial charge in [-0.05, 0) is 19.4 Å². The second-order valence-electron chi connectivity index (χ2n) is 5.23. The van der Waals surface area contributed by atoms with Crippen LogP contribution in [0.15, 0.2) is 40.3 Å². The number of thioether (sulfide) groups is 1. The lowest BCUT2D eigenvalue weighted by atomic mass is 10.0. The number of aromatic nitrogens is 2. The van der Waals surface area contributed by atoms with Gasteiger partial charge in [0.05, 0.1) is 12.5 Å². The number of H-pyrrole nitrogens is 1. The van der Waals surface area contributed by atoms with Gasteiger partial charge in [-0.15, -0.1) is 11.3 Å². The van der Waals surface area contributed by atoms with Crippen molar-refractivity contribution < 1.29 is 9.53 Å². The second kappa shape index (κ2) is 6.78. The van der Waals surface area contributed by atoms with Crippen LogP contribution in [0.1, 0.15) is 11.8 Å². The van der Waals surface area contributed by atoms with Crippen LogP contribution >= 0.6 is 23.1 Å². The molecule has 0 spiro atoms. The summed E-state index contributed by atoms with van der Waals surface area (Å²) in [5.74, 6) is -0.352. The molecule has 0 saturated heterocycles. The summed E-state index contributed by atoms with van der Waals surface area (Å²) in [4.78, 5) is 33.2. The summed E-state index contributed by atoms with van der Waals surface area (Å²) in [6.07, 6.45) is 0. The van der Waals surface area contributed by atoms with E-state index in [1.54, 1.807) is 6.92 Å². The van der Waals surface area contributed by atoms with Gasteiger partial charge in [0.1, 0.15) is 10.1 Å². The van der Waals surface area contributed by atoms with Crippen molar-refractivity contribution in [3.63, 3.8) is 0 Å². The molecule has 0 amide bonds. The number of aryl methyl sites for hydroxylation is 1. The Morgan fingerprint density at radius 1 is 1.33 bits per heavy atom. The van der Waals surface area contributed by atoms with E-state index in [1.807, 2.05) is 37.3 Å². The number of benzene rings is 1. The first-order valence-corrected chi connectivity index (χ1v) is 9.04. The SMILES string of the molecule is COC(=O)[C@H](C)Sc1nc2sc(C)c(-c3ccccc3)c2c(=O)[nH]1. The van der Waals surface area contributed by atoms with E-state index in [0.29, 0.717) is 15.4 Å². The molecule has 1 N–H and O–H groups in total. The van der Waals surface area contributed by atoms with Gasteiger partial charge >= 0.3 is 5.97 Å². The maximum atomic E-state index is 12.6. The lowest BCUT2D eigenvalue weighted by Gasteiger charge is -2.07. The van der Waals surface area contributed by atoms with Crippen molar-refractivity contribution in [1.82, 2.24) is 9.97 Å². The molecule has 0 aliphatic rings. The monoisotopic (exact) mass is 360 g/mol. The number of carbonyl (C=O) groups is 1. The van der Waals surface area contributed by atoms with Crippen molar-refractivity contribution >= 4 is 39.3 Å². The average Bonchev–Trinajstić information content (AvgIpc) is 2.91. The summed E-state index contributed by atoms with van der Waals surface area (Å²) in [6.45, 7) is 3.70. The van der Waals surface area contributed by atoms with E-state index in [4.69, 9.17) is 4.74 Å². The van der Waals surface area contributed by atoms with Gasteiger partial charge in [-0.2, -0.15) is 0 Å². The minimum Gasteiger partial charge on any atom is -0.468 e. The van der Waals surface area contributed by atoms with Crippen LogP contribution < -0.4 is 5.56 Å². The number of esters is 1. The van der Waals surface area contributed by atoms with Gasteiger partial charge in [0.15, 0.2) is 5.16 Å². The highest BCUT2D eigenvalue weighted by atomic mass is 32.2. The Morgan fingerprint density at radius 3 is 2.71 bits per heavy atom. The van der Waals surface area contributed by atoms with Crippen molar-refractivity contribution in [2.75, 3.05) is 7.11 Å². The van der Waals surface area contributed by atoms with Crippen molar-refractivity contribution in [3.05, 3.63) is 45.6 Å². The maximum Gasteiger partial charge on any atom is 0.318 e. The number of nitrogens with zero attached hydrogens (tertiary/aromatic N) is 1. The predicted molar refractivity (Wildman–Crippen MR) is 97.7 cm³/mol. The van der Waals surface area contributed by atoms with Crippen LogP contribution in [0, 0.1) is 6.92 Å². The molecule has 0 radical (unpaired) electrons. The molecule has 1 aromatic carbocycles. The summed E-state index contributed by atoms with van der Waals surface area (Å²) in [6, 6.07) is 9.80. The fourth-order valence-corrected chi connectivity index (χ4v) is 4.42. The van der Waals surface area contributed by atoms with E-state index in [9.17, 15) is 9.59 Å². The van der Waals surface area contributed by atoms with Gasteiger partial charge in [-0.25, -0.2) is 4.98 Å². The number of carbonyl (C=O) groups excluding carboxylic acids is 1. The Kier molecular flexibility index (Phi) is 4.73. The molecule has 7 heteroatoms. The molecule has 3 aromatic rings. The lowest BCUT2D eigenvalue weighted by molar-refractivity contribution is -0.139. The number of hydrogen-bond acceptors (Lipinski definition) is 6. The van der Waals surface area contributed by atoms with Gasteiger partial charge in [-0.3, -0.25) is 9.59 Å². The van der Waals surface area contributed by atoms with Gasteiger partial charge in [-0.1, -0.05) is 42.1 Å². The van der Waals surface area contributed by atoms with Crippen LogP contribution in [-0.2, 0) is 9.53 Å². The number of aromatic amines is 1. The zero-order valence-corrected chi connectivity index (χ0v) is 15.1. The fraction of sp³-hybridized carbons (Fsp3) is 0.235. The molecule has 124 valence electrons. The molecule has 0 saturated carbocycles. The summed E-state index contributed by atoms with van der Waals surface area (Å²) in [5.41, 5.74) is 1.72. The summed E-state index contributed by atoms with van der Waals surface area (Å²) < 4.78 is 4.71.